The third-order valence-electron chi connectivity index (χ3n) is 2.89. The highest BCUT2D eigenvalue weighted by Gasteiger charge is 2.32. The summed E-state index contributed by atoms with van der Waals surface area (Å²) in [6, 6.07) is 3.91. The number of alkyl halides is 3. The molecule has 1 saturated heterocycles. The SMILES string of the molecule is O=C(O)C1CSCC(c2cccc(C(F)(F)F)c2)N1. The number of carbonyl (C=O) groups is 1. The first kappa shape index (κ1) is 14.2. The summed E-state index contributed by atoms with van der Waals surface area (Å²) >= 11 is 1.42. The first-order chi connectivity index (χ1) is 8.88. The average molecular weight is 291 g/mol. The summed E-state index contributed by atoms with van der Waals surface area (Å²) in [4.78, 5) is 10.9. The van der Waals surface area contributed by atoms with Crippen molar-refractivity contribution in [2.24, 2.45) is 0 Å². The first-order valence-electron chi connectivity index (χ1n) is 5.61. The fourth-order valence-corrected chi connectivity index (χ4v) is 3.04. The zero-order valence-electron chi connectivity index (χ0n) is 9.78. The maximum absolute atomic E-state index is 12.6. The number of halogens is 3. The van der Waals surface area contributed by atoms with Crippen LogP contribution in [0.15, 0.2) is 24.3 Å². The van der Waals surface area contributed by atoms with Crippen LogP contribution in [0.4, 0.5) is 13.2 Å². The summed E-state index contributed by atoms with van der Waals surface area (Å²) in [5.41, 5.74) is -0.248. The van der Waals surface area contributed by atoms with Gasteiger partial charge in [0.1, 0.15) is 6.04 Å². The van der Waals surface area contributed by atoms with Gasteiger partial charge in [0.15, 0.2) is 0 Å². The fourth-order valence-electron chi connectivity index (χ4n) is 1.91. The van der Waals surface area contributed by atoms with Crippen molar-refractivity contribution in [1.82, 2.24) is 5.32 Å². The van der Waals surface area contributed by atoms with Gasteiger partial charge in [0.25, 0.3) is 0 Å². The Morgan fingerprint density at radius 1 is 1.37 bits per heavy atom. The standard InChI is InChI=1S/C12H12F3NO2S/c13-12(14,15)8-3-1-2-7(4-8)9-5-19-6-10(16-9)11(17)18/h1-4,9-10,16H,5-6H2,(H,17,18). The van der Waals surface area contributed by atoms with E-state index in [1.165, 1.54) is 17.8 Å². The second-order valence-corrected chi connectivity index (χ2v) is 5.35. The second-order valence-electron chi connectivity index (χ2n) is 4.27. The monoisotopic (exact) mass is 291 g/mol. The van der Waals surface area contributed by atoms with Crippen molar-refractivity contribution in [3.63, 3.8) is 0 Å². The van der Waals surface area contributed by atoms with Gasteiger partial charge in [0.05, 0.1) is 5.56 Å². The molecule has 2 N–H and O–H groups in total. The van der Waals surface area contributed by atoms with E-state index in [2.05, 4.69) is 5.32 Å². The summed E-state index contributed by atoms with van der Waals surface area (Å²) in [5, 5.41) is 11.8. The zero-order chi connectivity index (χ0) is 14.0. The summed E-state index contributed by atoms with van der Waals surface area (Å²) < 4.78 is 37.9. The Morgan fingerprint density at radius 3 is 2.74 bits per heavy atom. The van der Waals surface area contributed by atoms with Gasteiger partial charge in [0.2, 0.25) is 0 Å². The van der Waals surface area contributed by atoms with E-state index in [0.29, 0.717) is 17.1 Å². The number of aliphatic carboxylic acids is 1. The lowest BCUT2D eigenvalue weighted by molar-refractivity contribution is -0.139. The van der Waals surface area contributed by atoms with Crippen LogP contribution in [0.1, 0.15) is 17.2 Å². The Bertz CT molecular complexity index is 478. The molecule has 0 amide bonds. The molecule has 0 saturated carbocycles. The molecule has 0 spiro atoms. The molecular formula is C12H12F3NO2S. The molecule has 1 aliphatic rings. The van der Waals surface area contributed by atoms with Crippen LogP contribution >= 0.6 is 11.8 Å². The number of nitrogens with one attached hydrogen (secondary N) is 1. The van der Waals surface area contributed by atoms with E-state index in [-0.39, 0.29) is 6.04 Å². The fraction of sp³-hybridized carbons (Fsp3) is 0.417. The molecule has 7 heteroatoms. The number of hydrogen-bond acceptors (Lipinski definition) is 3. The van der Waals surface area contributed by atoms with Crippen LogP contribution in [0.3, 0.4) is 0 Å². The van der Waals surface area contributed by atoms with Gasteiger partial charge in [-0.15, -0.1) is 0 Å². The quantitative estimate of drug-likeness (QED) is 0.879. The molecule has 2 atom stereocenters. The largest absolute Gasteiger partial charge is 0.480 e. The van der Waals surface area contributed by atoms with E-state index in [1.54, 1.807) is 6.07 Å². The minimum Gasteiger partial charge on any atom is -0.480 e. The molecule has 19 heavy (non-hydrogen) atoms. The number of hydrogen-bond donors (Lipinski definition) is 2. The molecule has 3 nitrogen and oxygen atoms in total. The van der Waals surface area contributed by atoms with E-state index in [1.807, 2.05) is 0 Å². The topological polar surface area (TPSA) is 49.3 Å². The van der Waals surface area contributed by atoms with Crippen molar-refractivity contribution >= 4 is 17.7 Å². The molecule has 1 fully saturated rings. The molecular weight excluding hydrogens is 279 g/mol. The lowest BCUT2D eigenvalue weighted by Gasteiger charge is -2.28. The predicted molar refractivity (Wildman–Crippen MR) is 66.1 cm³/mol. The van der Waals surface area contributed by atoms with Crippen molar-refractivity contribution < 1.29 is 23.1 Å². The van der Waals surface area contributed by atoms with Gasteiger partial charge in [-0.3, -0.25) is 10.1 Å². The van der Waals surface area contributed by atoms with E-state index < -0.39 is 23.8 Å². The van der Waals surface area contributed by atoms with Crippen LogP contribution in [0.5, 0.6) is 0 Å². The van der Waals surface area contributed by atoms with Gasteiger partial charge in [-0.2, -0.15) is 24.9 Å². The van der Waals surface area contributed by atoms with Gasteiger partial charge in [-0.05, 0) is 17.7 Å². The summed E-state index contributed by atoms with van der Waals surface area (Å²) in [6.07, 6.45) is -4.38. The van der Waals surface area contributed by atoms with Crippen LogP contribution in [0.25, 0.3) is 0 Å². The molecule has 2 rings (SSSR count). The van der Waals surface area contributed by atoms with Crippen LogP contribution in [0.2, 0.25) is 0 Å². The highest BCUT2D eigenvalue weighted by molar-refractivity contribution is 7.99. The smallest absolute Gasteiger partial charge is 0.416 e. The first-order valence-corrected chi connectivity index (χ1v) is 6.77. The molecule has 1 aliphatic heterocycles. The van der Waals surface area contributed by atoms with Gasteiger partial charge in [-0.25, -0.2) is 0 Å². The third-order valence-corrected chi connectivity index (χ3v) is 4.02. The van der Waals surface area contributed by atoms with Crippen LogP contribution in [0, 0.1) is 0 Å². The van der Waals surface area contributed by atoms with Crippen LogP contribution < -0.4 is 5.32 Å². The van der Waals surface area contributed by atoms with Gasteiger partial charge >= 0.3 is 12.1 Å². The molecule has 1 heterocycles. The lowest BCUT2D eigenvalue weighted by Crippen LogP contribution is -2.45. The molecule has 0 aromatic heterocycles. The van der Waals surface area contributed by atoms with Gasteiger partial charge < -0.3 is 5.11 Å². The van der Waals surface area contributed by atoms with E-state index in [9.17, 15) is 18.0 Å². The summed E-state index contributed by atoms with van der Waals surface area (Å²) in [6.45, 7) is 0. The molecule has 2 unspecified atom stereocenters. The van der Waals surface area contributed by atoms with Crippen molar-refractivity contribution in [2.75, 3.05) is 11.5 Å². The highest BCUT2D eigenvalue weighted by Crippen LogP contribution is 2.32. The molecule has 0 bridgehead atoms. The predicted octanol–water partition coefficient (Wildman–Crippen LogP) is 2.54. The molecule has 1 aromatic rings. The summed E-state index contributed by atoms with van der Waals surface area (Å²) in [5.74, 6) is -0.000215. The van der Waals surface area contributed by atoms with Crippen molar-refractivity contribution in [2.45, 2.75) is 18.3 Å². The maximum Gasteiger partial charge on any atom is 0.416 e. The van der Waals surface area contributed by atoms with Crippen molar-refractivity contribution in [3.05, 3.63) is 35.4 Å². The Labute approximate surface area is 112 Å². The molecule has 0 radical (unpaired) electrons. The minimum atomic E-state index is -4.38. The summed E-state index contributed by atoms with van der Waals surface area (Å²) in [7, 11) is 0. The number of carboxylic acids is 1. The van der Waals surface area contributed by atoms with E-state index in [4.69, 9.17) is 5.11 Å². The minimum absolute atomic E-state index is 0.373. The van der Waals surface area contributed by atoms with E-state index >= 15 is 0 Å². The number of thioether (sulfide) groups is 1. The van der Waals surface area contributed by atoms with Crippen LogP contribution in [-0.2, 0) is 11.0 Å². The average Bonchev–Trinajstić information content (AvgIpc) is 2.38. The van der Waals surface area contributed by atoms with Crippen molar-refractivity contribution in [1.29, 1.82) is 0 Å². The lowest BCUT2D eigenvalue weighted by atomic mass is 10.0. The van der Waals surface area contributed by atoms with Crippen LogP contribution in [-0.4, -0.2) is 28.6 Å². The molecule has 104 valence electrons. The maximum atomic E-state index is 12.6. The van der Waals surface area contributed by atoms with E-state index in [0.717, 1.165) is 12.1 Å². The number of rotatable bonds is 2. The second kappa shape index (κ2) is 5.42. The third kappa shape index (κ3) is 3.42. The Balaban J connectivity index is 2.20. The molecule has 1 aromatic carbocycles. The zero-order valence-corrected chi connectivity index (χ0v) is 10.6. The van der Waals surface area contributed by atoms with Gasteiger partial charge in [0, 0.05) is 17.5 Å². The molecule has 0 aliphatic carbocycles. The number of benzene rings is 1. The Kier molecular flexibility index (Phi) is 4.05. The Hall–Kier alpha value is -1.21. The van der Waals surface area contributed by atoms with Crippen molar-refractivity contribution in [3.8, 4) is 0 Å². The van der Waals surface area contributed by atoms with Gasteiger partial charge in [-0.1, -0.05) is 12.1 Å². The Morgan fingerprint density at radius 2 is 2.11 bits per heavy atom. The normalized spacial score (nSPS) is 24.2. The highest BCUT2D eigenvalue weighted by atomic mass is 32.2. The number of carboxylic acid groups (broad SMARTS) is 1.